The van der Waals surface area contributed by atoms with Gasteiger partial charge < -0.3 is 5.32 Å². The van der Waals surface area contributed by atoms with E-state index in [4.69, 9.17) is 12.2 Å². The van der Waals surface area contributed by atoms with Gasteiger partial charge in [0.15, 0.2) is 14.9 Å². The minimum absolute atomic E-state index is 0.0632. The molecule has 2 rings (SSSR count). The molecule has 1 aromatic carbocycles. The van der Waals surface area contributed by atoms with Crippen molar-refractivity contribution in [1.29, 1.82) is 0 Å². The summed E-state index contributed by atoms with van der Waals surface area (Å²) in [5.74, 6) is -0.542. The van der Waals surface area contributed by atoms with Crippen LogP contribution in [0.3, 0.4) is 0 Å². The van der Waals surface area contributed by atoms with Crippen LogP contribution in [0, 0.1) is 11.7 Å². The standard InChI is InChI=1S/C14H18FN3O3S2/c15-12-3-1-10(2-4-12)8-16-14(22)18-17-13(19)7-11-5-6-23(20,21)9-11/h1-4,11H,5-9H2,(H,17,19)(H2,16,18,22)/t11-/m0/s1. The van der Waals surface area contributed by atoms with E-state index in [0.717, 1.165) is 5.56 Å². The highest BCUT2D eigenvalue weighted by Gasteiger charge is 2.29. The normalized spacial score (nSPS) is 19.1. The number of sulfone groups is 1. The third-order valence-corrected chi connectivity index (χ3v) is 5.57. The third kappa shape index (κ3) is 6.11. The number of hydrogen-bond acceptors (Lipinski definition) is 4. The van der Waals surface area contributed by atoms with E-state index in [0.29, 0.717) is 13.0 Å². The van der Waals surface area contributed by atoms with Crippen LogP contribution in [-0.2, 0) is 21.2 Å². The van der Waals surface area contributed by atoms with Crippen LogP contribution >= 0.6 is 12.2 Å². The van der Waals surface area contributed by atoms with E-state index in [-0.39, 0.29) is 40.7 Å². The first kappa shape index (κ1) is 17.6. The molecule has 3 N–H and O–H groups in total. The fourth-order valence-electron chi connectivity index (χ4n) is 2.30. The molecule has 1 amide bonds. The average molecular weight is 359 g/mol. The summed E-state index contributed by atoms with van der Waals surface area (Å²) in [4.78, 5) is 11.7. The van der Waals surface area contributed by atoms with Gasteiger partial charge in [0, 0.05) is 13.0 Å². The van der Waals surface area contributed by atoms with Crippen LogP contribution in [0.5, 0.6) is 0 Å². The molecule has 1 fully saturated rings. The summed E-state index contributed by atoms with van der Waals surface area (Å²) >= 11 is 5.01. The van der Waals surface area contributed by atoms with Crippen molar-refractivity contribution in [1.82, 2.24) is 16.2 Å². The number of benzene rings is 1. The molecular formula is C14H18FN3O3S2. The Morgan fingerprint density at radius 3 is 2.57 bits per heavy atom. The van der Waals surface area contributed by atoms with Crippen LogP contribution in [-0.4, -0.2) is 30.9 Å². The van der Waals surface area contributed by atoms with Gasteiger partial charge in [0.05, 0.1) is 11.5 Å². The van der Waals surface area contributed by atoms with Crippen molar-refractivity contribution >= 4 is 33.1 Å². The molecule has 1 aliphatic rings. The van der Waals surface area contributed by atoms with E-state index in [1.54, 1.807) is 12.1 Å². The first-order valence-electron chi connectivity index (χ1n) is 7.11. The van der Waals surface area contributed by atoms with Gasteiger partial charge in [-0.25, -0.2) is 12.8 Å². The first-order chi connectivity index (χ1) is 10.8. The van der Waals surface area contributed by atoms with Crippen LogP contribution < -0.4 is 16.2 Å². The number of nitrogens with one attached hydrogen (secondary N) is 3. The molecule has 6 nitrogen and oxygen atoms in total. The van der Waals surface area contributed by atoms with Gasteiger partial charge in [0.25, 0.3) is 0 Å². The summed E-state index contributed by atoms with van der Waals surface area (Å²) in [7, 11) is -2.98. The lowest BCUT2D eigenvalue weighted by Crippen LogP contribution is -2.46. The number of thiocarbonyl (C=S) groups is 1. The number of halogens is 1. The predicted molar refractivity (Wildman–Crippen MR) is 88.5 cm³/mol. The molecule has 0 radical (unpaired) electrons. The third-order valence-electron chi connectivity index (χ3n) is 3.48. The Kier molecular flexibility index (Phi) is 5.89. The van der Waals surface area contributed by atoms with Crippen LogP contribution in [0.4, 0.5) is 4.39 Å². The molecular weight excluding hydrogens is 341 g/mol. The monoisotopic (exact) mass is 359 g/mol. The van der Waals surface area contributed by atoms with Crippen molar-refractivity contribution in [2.45, 2.75) is 19.4 Å². The Bertz CT molecular complexity index is 677. The van der Waals surface area contributed by atoms with Gasteiger partial charge in [-0.3, -0.25) is 15.6 Å². The molecule has 0 spiro atoms. The van der Waals surface area contributed by atoms with Crippen molar-refractivity contribution < 1.29 is 17.6 Å². The molecule has 126 valence electrons. The summed E-state index contributed by atoms with van der Waals surface area (Å²) in [6.45, 7) is 0.392. The number of carbonyl (C=O) groups is 1. The van der Waals surface area contributed by atoms with Crippen molar-refractivity contribution in [2.75, 3.05) is 11.5 Å². The van der Waals surface area contributed by atoms with Crippen LogP contribution in [0.15, 0.2) is 24.3 Å². The lowest BCUT2D eigenvalue weighted by Gasteiger charge is -2.13. The molecule has 0 aliphatic carbocycles. The van der Waals surface area contributed by atoms with E-state index in [2.05, 4.69) is 16.2 Å². The Balaban J connectivity index is 1.66. The SMILES string of the molecule is O=C(C[C@@H]1CCS(=O)(=O)C1)NNC(=S)NCc1ccc(F)cc1. The largest absolute Gasteiger partial charge is 0.357 e. The van der Waals surface area contributed by atoms with Gasteiger partial charge in [-0.2, -0.15) is 0 Å². The van der Waals surface area contributed by atoms with Crippen molar-refractivity contribution in [2.24, 2.45) is 5.92 Å². The van der Waals surface area contributed by atoms with Gasteiger partial charge in [0.1, 0.15) is 5.82 Å². The van der Waals surface area contributed by atoms with Crippen LogP contribution in [0.25, 0.3) is 0 Å². The molecule has 0 saturated carbocycles. The zero-order valence-corrected chi connectivity index (χ0v) is 14.0. The molecule has 0 bridgehead atoms. The van der Waals surface area contributed by atoms with Gasteiger partial charge in [-0.05, 0) is 42.3 Å². The number of hydrogen-bond donors (Lipinski definition) is 3. The van der Waals surface area contributed by atoms with Crippen molar-refractivity contribution in [3.05, 3.63) is 35.6 Å². The highest BCUT2D eigenvalue weighted by molar-refractivity contribution is 7.91. The molecule has 9 heteroatoms. The average Bonchev–Trinajstić information content (AvgIpc) is 2.83. The van der Waals surface area contributed by atoms with Gasteiger partial charge >= 0.3 is 0 Å². The fraction of sp³-hybridized carbons (Fsp3) is 0.429. The van der Waals surface area contributed by atoms with E-state index < -0.39 is 9.84 Å². The minimum Gasteiger partial charge on any atom is -0.357 e. The molecule has 1 atom stereocenters. The second-order valence-corrected chi connectivity index (χ2v) is 8.09. The summed E-state index contributed by atoms with van der Waals surface area (Å²) < 4.78 is 35.4. The number of rotatable bonds is 4. The molecule has 23 heavy (non-hydrogen) atoms. The summed E-state index contributed by atoms with van der Waals surface area (Å²) in [6, 6.07) is 5.96. The van der Waals surface area contributed by atoms with Crippen LogP contribution in [0.2, 0.25) is 0 Å². The Labute approximate surface area is 139 Å². The van der Waals surface area contributed by atoms with Crippen molar-refractivity contribution in [3.63, 3.8) is 0 Å². The zero-order valence-electron chi connectivity index (χ0n) is 12.3. The highest BCUT2D eigenvalue weighted by Crippen LogP contribution is 2.21. The van der Waals surface area contributed by atoms with Gasteiger partial charge in [0.2, 0.25) is 5.91 Å². The maximum Gasteiger partial charge on any atom is 0.238 e. The molecule has 1 aliphatic heterocycles. The van der Waals surface area contributed by atoms with Gasteiger partial charge in [-0.1, -0.05) is 12.1 Å². The van der Waals surface area contributed by atoms with E-state index >= 15 is 0 Å². The quantitative estimate of drug-likeness (QED) is 0.540. The van der Waals surface area contributed by atoms with E-state index in [1.165, 1.54) is 12.1 Å². The minimum atomic E-state index is -2.98. The predicted octanol–water partition coefficient (Wildman–Crippen LogP) is 0.646. The lowest BCUT2D eigenvalue weighted by molar-refractivity contribution is -0.122. The molecule has 0 aromatic heterocycles. The smallest absolute Gasteiger partial charge is 0.238 e. The highest BCUT2D eigenvalue weighted by atomic mass is 32.2. The maximum atomic E-state index is 12.8. The molecule has 1 heterocycles. The summed E-state index contributed by atoms with van der Waals surface area (Å²) in [5, 5.41) is 3.09. The molecule has 0 unspecified atom stereocenters. The number of carbonyl (C=O) groups excluding carboxylic acids is 1. The number of hydrazine groups is 1. The summed E-state index contributed by atoms with van der Waals surface area (Å²) in [5.41, 5.74) is 5.84. The maximum absolute atomic E-state index is 12.8. The summed E-state index contributed by atoms with van der Waals surface area (Å²) in [6.07, 6.45) is 0.663. The molecule has 1 saturated heterocycles. The molecule has 1 aromatic rings. The first-order valence-corrected chi connectivity index (χ1v) is 9.34. The Morgan fingerprint density at radius 1 is 1.26 bits per heavy atom. The number of amides is 1. The lowest BCUT2D eigenvalue weighted by atomic mass is 10.1. The zero-order chi connectivity index (χ0) is 16.9. The fourth-order valence-corrected chi connectivity index (χ4v) is 4.29. The van der Waals surface area contributed by atoms with Crippen molar-refractivity contribution in [3.8, 4) is 0 Å². The van der Waals surface area contributed by atoms with E-state index in [1.807, 2.05) is 0 Å². The Morgan fingerprint density at radius 2 is 1.96 bits per heavy atom. The van der Waals surface area contributed by atoms with E-state index in [9.17, 15) is 17.6 Å². The second kappa shape index (κ2) is 7.69. The Hall–Kier alpha value is -1.74. The second-order valence-electron chi connectivity index (χ2n) is 5.46. The van der Waals surface area contributed by atoms with Gasteiger partial charge in [-0.15, -0.1) is 0 Å². The topological polar surface area (TPSA) is 87.3 Å². The van der Waals surface area contributed by atoms with Crippen LogP contribution in [0.1, 0.15) is 18.4 Å².